The fraction of sp³-hybridized carbons (Fsp3) is 0.533. The Hall–Kier alpha value is -5.35. The van der Waals surface area contributed by atoms with Gasteiger partial charge < -0.3 is 48.7 Å². The fourth-order valence-corrected chi connectivity index (χ4v) is 4.32. The molecule has 1 aromatic rings. The Kier molecular flexibility index (Phi) is 15.6. The average Bonchev–Trinajstić information content (AvgIpc) is 3.00. The maximum atomic E-state index is 12.4. The molecule has 1 aliphatic heterocycles. The topological polar surface area (TPSA) is 242 Å². The molecule has 18 nitrogen and oxygen atoms in total. The van der Waals surface area contributed by atoms with Gasteiger partial charge in [-0.15, -0.1) is 0 Å². The molecule has 1 aliphatic rings. The van der Waals surface area contributed by atoms with Crippen LogP contribution in [0.15, 0.2) is 24.3 Å². The number of alkyl carbamates (subject to hydrolysis) is 1. The molecule has 2 rings (SSSR count). The molecule has 1 N–H and O–H groups in total. The highest BCUT2D eigenvalue weighted by Crippen LogP contribution is 2.31. The summed E-state index contributed by atoms with van der Waals surface area (Å²) in [5, 5.41) is 2.33. The Labute approximate surface area is 274 Å². The molecule has 1 heterocycles. The average molecular weight is 680 g/mol. The van der Waals surface area contributed by atoms with Gasteiger partial charge in [0.1, 0.15) is 31.1 Å². The van der Waals surface area contributed by atoms with E-state index in [0.717, 1.165) is 27.7 Å². The number of Topliss-reactive ketones (excluding diaryl/α,β-unsaturated/α-hetero) is 1. The van der Waals surface area contributed by atoms with Crippen LogP contribution in [0.4, 0.5) is 4.79 Å². The smallest absolute Gasteiger partial charge is 0.408 e. The van der Waals surface area contributed by atoms with Gasteiger partial charge in [-0.2, -0.15) is 4.79 Å². The highest BCUT2D eigenvalue weighted by atomic mass is 16.7. The molecule has 1 saturated heterocycles. The first-order valence-electron chi connectivity index (χ1n) is 14.6. The van der Waals surface area contributed by atoms with Crippen molar-refractivity contribution in [1.29, 1.82) is 0 Å². The van der Waals surface area contributed by atoms with Crippen molar-refractivity contribution in [3.8, 4) is 5.75 Å². The molecular formula is C30H37N3O15. The Morgan fingerprint density at radius 3 is 2.02 bits per heavy atom. The van der Waals surface area contributed by atoms with Crippen LogP contribution in [-0.2, 0) is 68.5 Å². The number of ketones is 1. The van der Waals surface area contributed by atoms with Gasteiger partial charge in [-0.05, 0) is 31.0 Å². The number of rotatable bonds is 16. The second-order valence-corrected chi connectivity index (χ2v) is 10.1. The van der Waals surface area contributed by atoms with Gasteiger partial charge in [-0.25, -0.2) is 9.59 Å². The fourth-order valence-electron chi connectivity index (χ4n) is 4.32. The quantitative estimate of drug-likeness (QED) is 0.0841. The maximum Gasteiger partial charge on any atom is 0.408 e. The van der Waals surface area contributed by atoms with Crippen molar-refractivity contribution in [2.75, 3.05) is 13.2 Å². The second-order valence-electron chi connectivity index (χ2n) is 10.1. The van der Waals surface area contributed by atoms with Crippen molar-refractivity contribution in [2.24, 2.45) is 0 Å². The first-order valence-corrected chi connectivity index (χ1v) is 14.6. The summed E-state index contributed by atoms with van der Waals surface area (Å²) < 4.78 is 43.1. The third-order valence-electron chi connectivity index (χ3n) is 6.24. The summed E-state index contributed by atoms with van der Waals surface area (Å²) >= 11 is 0. The van der Waals surface area contributed by atoms with Gasteiger partial charge in [0.25, 0.3) is 0 Å². The lowest BCUT2D eigenvalue weighted by Crippen LogP contribution is -2.63. The SMILES string of the molecule is CCOC(=O)[C@H](CCC(=O)C=[N+]=[N-])NC(=O)OCc1ccc(O[C@@H]2O[C@H](COC(C)=O)[C@@H](OC(C)=O)[C@H](OC(C)=O)[C@H]2OC(C)=O)cc1. The van der Waals surface area contributed by atoms with E-state index >= 15 is 0 Å². The molecule has 0 saturated carbocycles. The molecule has 0 radical (unpaired) electrons. The Balaban J connectivity index is 2.18. The molecule has 1 fully saturated rings. The third-order valence-corrected chi connectivity index (χ3v) is 6.24. The monoisotopic (exact) mass is 679 g/mol. The van der Waals surface area contributed by atoms with Crippen LogP contribution in [0.5, 0.6) is 5.75 Å². The van der Waals surface area contributed by atoms with Gasteiger partial charge in [0.15, 0.2) is 12.2 Å². The Bertz CT molecular complexity index is 1380. The predicted octanol–water partition coefficient (Wildman–Crippen LogP) is 0.956. The molecule has 48 heavy (non-hydrogen) atoms. The highest BCUT2D eigenvalue weighted by molar-refractivity contribution is 6.25. The molecule has 1 amide bonds. The summed E-state index contributed by atoms with van der Waals surface area (Å²) in [5.41, 5.74) is 8.95. The van der Waals surface area contributed by atoms with Crippen LogP contribution in [0, 0.1) is 0 Å². The minimum absolute atomic E-state index is 0.0318. The number of hydrogen-bond donors (Lipinski definition) is 1. The standard InChI is InChI=1S/C30H37N3O15/c1-6-41-28(39)23(12-9-21(38)13-32-31)33-30(40)43-14-20-7-10-22(11-8-20)47-29-27(46-19(5)37)26(45-18(4)36)25(44-17(3)35)24(48-29)15-42-16(2)34/h7-8,10-11,13,23-27,29H,6,9,12,14-15H2,1-5H3,(H,33,40)/t23-,24+,25+,26-,27+,29+/m0/s1. The molecule has 6 atom stereocenters. The maximum absolute atomic E-state index is 12.4. The number of amides is 1. The molecule has 0 aromatic heterocycles. The van der Waals surface area contributed by atoms with Gasteiger partial charge in [0, 0.05) is 34.1 Å². The zero-order chi connectivity index (χ0) is 35.8. The number of ether oxygens (including phenoxy) is 8. The minimum Gasteiger partial charge on any atom is -0.464 e. The van der Waals surface area contributed by atoms with E-state index in [-0.39, 0.29) is 31.8 Å². The van der Waals surface area contributed by atoms with Crippen molar-refractivity contribution in [3.05, 3.63) is 35.4 Å². The summed E-state index contributed by atoms with van der Waals surface area (Å²) in [6.45, 7) is 5.36. The largest absolute Gasteiger partial charge is 0.464 e. The van der Waals surface area contributed by atoms with Crippen LogP contribution in [-0.4, -0.2) is 103 Å². The zero-order valence-electron chi connectivity index (χ0n) is 26.9. The van der Waals surface area contributed by atoms with Crippen LogP contribution in [0.3, 0.4) is 0 Å². The van der Waals surface area contributed by atoms with Gasteiger partial charge in [0.05, 0.1) is 6.61 Å². The number of nitrogens with zero attached hydrogens (tertiary/aromatic N) is 2. The molecular weight excluding hydrogens is 642 g/mol. The molecule has 262 valence electrons. The normalized spacial score (nSPS) is 20.4. The minimum atomic E-state index is -1.45. The van der Waals surface area contributed by atoms with Crippen LogP contribution in [0.25, 0.3) is 5.53 Å². The van der Waals surface area contributed by atoms with Crippen LogP contribution in [0.2, 0.25) is 0 Å². The molecule has 0 bridgehead atoms. The van der Waals surface area contributed by atoms with Crippen molar-refractivity contribution < 1.29 is 76.2 Å². The Morgan fingerprint density at radius 2 is 1.46 bits per heavy atom. The number of carbonyl (C=O) groups is 7. The van der Waals surface area contributed by atoms with Crippen molar-refractivity contribution in [3.63, 3.8) is 0 Å². The lowest BCUT2D eigenvalue weighted by atomic mass is 9.98. The first kappa shape index (κ1) is 38.8. The summed E-state index contributed by atoms with van der Waals surface area (Å²) in [5.74, 6) is -4.25. The lowest BCUT2D eigenvalue weighted by molar-refractivity contribution is -0.288. The number of hydrogen-bond acceptors (Lipinski definition) is 15. The highest BCUT2D eigenvalue weighted by Gasteiger charge is 2.53. The predicted molar refractivity (Wildman–Crippen MR) is 157 cm³/mol. The van der Waals surface area contributed by atoms with E-state index in [1.54, 1.807) is 6.92 Å². The van der Waals surface area contributed by atoms with E-state index in [2.05, 4.69) is 10.1 Å². The molecule has 1 aromatic carbocycles. The number of nitrogens with one attached hydrogen (secondary N) is 1. The van der Waals surface area contributed by atoms with Crippen LogP contribution in [0.1, 0.15) is 53.0 Å². The van der Waals surface area contributed by atoms with Crippen molar-refractivity contribution in [2.45, 2.75) is 90.8 Å². The van der Waals surface area contributed by atoms with E-state index in [4.69, 9.17) is 43.4 Å². The van der Waals surface area contributed by atoms with Gasteiger partial charge in [-0.1, -0.05) is 12.1 Å². The van der Waals surface area contributed by atoms with E-state index in [1.807, 2.05) is 0 Å². The molecule has 18 heteroatoms. The zero-order valence-corrected chi connectivity index (χ0v) is 26.9. The summed E-state index contributed by atoms with van der Waals surface area (Å²) in [6, 6.07) is 4.75. The lowest BCUT2D eigenvalue weighted by Gasteiger charge is -2.43. The summed E-state index contributed by atoms with van der Waals surface area (Å²) in [7, 11) is 0. The number of esters is 5. The molecule has 0 spiro atoms. The second kappa shape index (κ2) is 19.3. The molecule has 0 unspecified atom stereocenters. The first-order chi connectivity index (χ1) is 22.7. The van der Waals surface area contributed by atoms with E-state index in [1.165, 1.54) is 24.3 Å². The van der Waals surface area contributed by atoms with E-state index in [0.29, 0.717) is 11.8 Å². The van der Waals surface area contributed by atoms with Crippen LogP contribution >= 0.6 is 0 Å². The van der Waals surface area contributed by atoms with E-state index < -0.39 is 85.1 Å². The summed E-state index contributed by atoms with van der Waals surface area (Å²) in [4.78, 5) is 86.3. The molecule has 0 aliphatic carbocycles. The Morgan fingerprint density at radius 1 is 0.854 bits per heavy atom. The van der Waals surface area contributed by atoms with Crippen molar-refractivity contribution in [1.82, 2.24) is 5.32 Å². The third kappa shape index (κ3) is 13.2. The van der Waals surface area contributed by atoms with Gasteiger partial charge in [-0.3, -0.25) is 24.0 Å². The van der Waals surface area contributed by atoms with Crippen LogP contribution < -0.4 is 10.1 Å². The van der Waals surface area contributed by atoms with Gasteiger partial charge >= 0.3 is 42.2 Å². The summed E-state index contributed by atoms with van der Waals surface area (Å²) in [6.07, 6.45) is -7.51. The van der Waals surface area contributed by atoms with E-state index in [9.17, 15) is 33.6 Å². The number of carbonyl (C=O) groups excluding carboxylic acids is 7. The van der Waals surface area contributed by atoms with Crippen molar-refractivity contribution >= 4 is 47.9 Å². The van der Waals surface area contributed by atoms with Gasteiger partial charge in [0.2, 0.25) is 18.2 Å². The number of benzene rings is 1.